The van der Waals surface area contributed by atoms with Gasteiger partial charge in [-0.2, -0.15) is 0 Å². The fourth-order valence-corrected chi connectivity index (χ4v) is 3.66. The number of thioether (sulfide) groups is 1. The highest BCUT2D eigenvalue weighted by Gasteiger charge is 2.36. The van der Waals surface area contributed by atoms with Gasteiger partial charge >= 0.3 is 0 Å². The Labute approximate surface area is 156 Å². The fraction of sp³-hybridized carbons (Fsp3) is 0.200. The van der Waals surface area contributed by atoms with Gasteiger partial charge in [-0.25, -0.2) is 4.90 Å². The lowest BCUT2D eigenvalue weighted by molar-refractivity contribution is -0.113. The second-order valence-electron chi connectivity index (χ2n) is 5.92. The number of aryl methyl sites for hydroxylation is 2. The van der Waals surface area contributed by atoms with Crippen LogP contribution in [0.5, 0.6) is 11.5 Å². The summed E-state index contributed by atoms with van der Waals surface area (Å²) in [4.78, 5) is 26.8. The highest BCUT2D eigenvalue weighted by Crippen LogP contribution is 2.38. The van der Waals surface area contributed by atoms with Crippen LogP contribution in [-0.4, -0.2) is 25.4 Å². The van der Waals surface area contributed by atoms with Crippen molar-refractivity contribution in [2.24, 2.45) is 0 Å². The third-order valence-corrected chi connectivity index (χ3v) is 4.96. The Kier molecular flexibility index (Phi) is 5.04. The third-order valence-electron chi connectivity index (χ3n) is 4.09. The summed E-state index contributed by atoms with van der Waals surface area (Å²) in [5.41, 5.74) is 3.35. The van der Waals surface area contributed by atoms with Crippen molar-refractivity contribution in [3.05, 3.63) is 58.0 Å². The molecule has 0 aliphatic carbocycles. The zero-order valence-corrected chi connectivity index (χ0v) is 15.8. The van der Waals surface area contributed by atoms with E-state index in [1.54, 1.807) is 38.5 Å². The van der Waals surface area contributed by atoms with Crippen molar-refractivity contribution in [1.82, 2.24) is 0 Å². The van der Waals surface area contributed by atoms with Gasteiger partial charge in [0.2, 0.25) is 0 Å². The lowest BCUT2D eigenvalue weighted by Gasteiger charge is -2.15. The second-order valence-corrected chi connectivity index (χ2v) is 6.91. The molecule has 0 bridgehead atoms. The van der Waals surface area contributed by atoms with Crippen LogP contribution in [0.25, 0.3) is 6.08 Å². The smallest absolute Gasteiger partial charge is 0.298 e. The molecule has 0 N–H and O–H groups in total. The molecule has 2 aromatic rings. The summed E-state index contributed by atoms with van der Waals surface area (Å²) < 4.78 is 10.5. The Hall–Kier alpha value is -2.73. The summed E-state index contributed by atoms with van der Waals surface area (Å²) in [5.74, 6) is 0.852. The summed E-state index contributed by atoms with van der Waals surface area (Å²) in [7, 11) is 3.11. The van der Waals surface area contributed by atoms with Crippen molar-refractivity contribution < 1.29 is 19.1 Å². The van der Waals surface area contributed by atoms with Crippen LogP contribution in [0.2, 0.25) is 0 Å². The van der Waals surface area contributed by atoms with Crippen LogP contribution in [0.3, 0.4) is 0 Å². The lowest BCUT2D eigenvalue weighted by atomic mass is 10.1. The van der Waals surface area contributed by atoms with E-state index in [2.05, 4.69) is 0 Å². The number of nitrogens with zero attached hydrogens (tertiary/aromatic N) is 1. The summed E-state index contributed by atoms with van der Waals surface area (Å²) >= 11 is 0.934. The topological polar surface area (TPSA) is 55.8 Å². The Morgan fingerprint density at radius 1 is 0.962 bits per heavy atom. The average Bonchev–Trinajstić information content (AvgIpc) is 2.89. The Bertz CT molecular complexity index is 920. The van der Waals surface area contributed by atoms with Crippen molar-refractivity contribution >= 4 is 34.7 Å². The Balaban J connectivity index is 1.95. The molecule has 0 radical (unpaired) electrons. The molecule has 134 valence electrons. The number of amides is 2. The van der Waals surface area contributed by atoms with Crippen LogP contribution in [-0.2, 0) is 4.79 Å². The molecule has 3 rings (SSSR count). The minimum absolute atomic E-state index is 0.298. The van der Waals surface area contributed by atoms with E-state index in [1.165, 1.54) is 4.90 Å². The molecule has 1 saturated heterocycles. The van der Waals surface area contributed by atoms with Gasteiger partial charge in [0.15, 0.2) is 11.5 Å². The monoisotopic (exact) mass is 369 g/mol. The summed E-state index contributed by atoms with van der Waals surface area (Å²) in [5, 5.41) is -0.298. The van der Waals surface area contributed by atoms with Crippen LogP contribution in [0.15, 0.2) is 41.3 Å². The summed E-state index contributed by atoms with van der Waals surface area (Å²) in [6.07, 6.45) is 1.69. The van der Waals surface area contributed by atoms with Gasteiger partial charge in [-0.05, 0) is 61.0 Å². The lowest BCUT2D eigenvalue weighted by Crippen LogP contribution is -2.28. The van der Waals surface area contributed by atoms with Gasteiger partial charge in [0.05, 0.1) is 24.8 Å². The molecule has 0 spiro atoms. The maximum Gasteiger partial charge on any atom is 0.298 e. The van der Waals surface area contributed by atoms with Gasteiger partial charge in [-0.1, -0.05) is 23.8 Å². The van der Waals surface area contributed by atoms with Crippen LogP contribution < -0.4 is 14.4 Å². The minimum atomic E-state index is -0.318. The first-order valence-electron chi connectivity index (χ1n) is 8.02. The van der Waals surface area contributed by atoms with Gasteiger partial charge in [0.25, 0.3) is 11.1 Å². The quantitative estimate of drug-likeness (QED) is 0.740. The predicted octanol–water partition coefficient (Wildman–Crippen LogP) is 4.56. The van der Waals surface area contributed by atoms with Crippen LogP contribution in [0.1, 0.15) is 16.7 Å². The number of hydrogen-bond donors (Lipinski definition) is 0. The van der Waals surface area contributed by atoms with E-state index >= 15 is 0 Å². The molecular formula is C20H19NO4S. The van der Waals surface area contributed by atoms with Gasteiger partial charge in [-0.15, -0.1) is 0 Å². The zero-order valence-electron chi connectivity index (χ0n) is 15.0. The first-order chi connectivity index (χ1) is 12.4. The van der Waals surface area contributed by atoms with E-state index in [-0.39, 0.29) is 11.1 Å². The Morgan fingerprint density at radius 3 is 2.35 bits per heavy atom. The fourth-order valence-electron chi connectivity index (χ4n) is 2.83. The third kappa shape index (κ3) is 3.32. The average molecular weight is 369 g/mol. The maximum atomic E-state index is 12.8. The van der Waals surface area contributed by atoms with E-state index in [1.807, 2.05) is 32.0 Å². The van der Waals surface area contributed by atoms with Crippen molar-refractivity contribution in [1.29, 1.82) is 0 Å². The number of hydrogen-bond acceptors (Lipinski definition) is 5. The van der Waals surface area contributed by atoms with E-state index in [4.69, 9.17) is 9.47 Å². The van der Waals surface area contributed by atoms with Gasteiger partial charge in [0.1, 0.15) is 0 Å². The standard InChI is InChI=1S/C20H19NO4S/c1-12-5-7-15(13(2)9-12)21-19(22)18(26-20(21)23)11-14-6-8-16(24-3)17(10-14)25-4/h5-11H,1-4H3/b18-11-. The molecule has 2 aromatic carbocycles. The van der Waals surface area contributed by atoms with Gasteiger partial charge in [-0.3, -0.25) is 9.59 Å². The van der Waals surface area contributed by atoms with Crippen LogP contribution >= 0.6 is 11.8 Å². The molecule has 0 aromatic heterocycles. The molecule has 6 heteroatoms. The number of methoxy groups -OCH3 is 2. The molecule has 0 atom stereocenters. The largest absolute Gasteiger partial charge is 0.493 e. The molecule has 26 heavy (non-hydrogen) atoms. The number of benzene rings is 2. The molecule has 1 aliphatic heterocycles. The highest BCUT2D eigenvalue weighted by molar-refractivity contribution is 8.19. The van der Waals surface area contributed by atoms with Crippen molar-refractivity contribution in [3.63, 3.8) is 0 Å². The van der Waals surface area contributed by atoms with Crippen molar-refractivity contribution in [3.8, 4) is 11.5 Å². The summed E-state index contributed by atoms with van der Waals surface area (Å²) in [6, 6.07) is 11.0. The molecule has 2 amide bonds. The number of anilines is 1. The molecule has 1 heterocycles. The normalized spacial score (nSPS) is 15.7. The summed E-state index contributed by atoms with van der Waals surface area (Å²) in [6.45, 7) is 3.87. The van der Waals surface area contributed by atoms with E-state index < -0.39 is 0 Å². The number of rotatable bonds is 4. The first-order valence-corrected chi connectivity index (χ1v) is 8.83. The van der Waals surface area contributed by atoms with Crippen LogP contribution in [0.4, 0.5) is 10.5 Å². The van der Waals surface area contributed by atoms with E-state index in [9.17, 15) is 9.59 Å². The molecule has 0 saturated carbocycles. The van der Waals surface area contributed by atoms with E-state index in [0.717, 1.165) is 28.5 Å². The number of carbonyl (C=O) groups excluding carboxylic acids is 2. The minimum Gasteiger partial charge on any atom is -0.493 e. The molecule has 5 nitrogen and oxygen atoms in total. The first kappa shape index (κ1) is 18.1. The highest BCUT2D eigenvalue weighted by atomic mass is 32.2. The molecule has 0 unspecified atom stereocenters. The molecule has 1 fully saturated rings. The molecule has 1 aliphatic rings. The Morgan fingerprint density at radius 2 is 1.69 bits per heavy atom. The SMILES string of the molecule is COc1ccc(/C=C2\SC(=O)N(c3ccc(C)cc3C)C2=O)cc1OC. The number of imide groups is 1. The zero-order chi connectivity index (χ0) is 18.8. The van der Waals surface area contributed by atoms with Crippen molar-refractivity contribution in [2.75, 3.05) is 19.1 Å². The van der Waals surface area contributed by atoms with Crippen molar-refractivity contribution in [2.45, 2.75) is 13.8 Å². The van der Waals surface area contributed by atoms with Gasteiger partial charge in [0, 0.05) is 0 Å². The van der Waals surface area contributed by atoms with E-state index in [0.29, 0.717) is 22.1 Å². The predicted molar refractivity (Wildman–Crippen MR) is 104 cm³/mol. The number of ether oxygens (including phenoxy) is 2. The van der Waals surface area contributed by atoms with Crippen LogP contribution in [0, 0.1) is 13.8 Å². The maximum absolute atomic E-state index is 12.8. The number of carbonyl (C=O) groups is 2. The van der Waals surface area contributed by atoms with Gasteiger partial charge < -0.3 is 9.47 Å². The molecular weight excluding hydrogens is 350 g/mol. The second kappa shape index (κ2) is 7.25.